The summed E-state index contributed by atoms with van der Waals surface area (Å²) in [6, 6.07) is 7.01. The summed E-state index contributed by atoms with van der Waals surface area (Å²) in [5, 5.41) is 15.1. The monoisotopic (exact) mass is 359 g/mol. The molecule has 0 amide bonds. The van der Waals surface area contributed by atoms with Gasteiger partial charge in [-0.05, 0) is 13.0 Å². The van der Waals surface area contributed by atoms with E-state index >= 15 is 0 Å². The topological polar surface area (TPSA) is 106 Å². The highest BCUT2D eigenvalue weighted by molar-refractivity contribution is 5.72. The van der Waals surface area contributed by atoms with Crippen LogP contribution >= 0.6 is 0 Å². The fourth-order valence-corrected chi connectivity index (χ4v) is 2.64. The number of non-ortho nitro benzene ring substituents is 1. The summed E-state index contributed by atoms with van der Waals surface area (Å²) in [7, 11) is 3.05. The largest absolute Gasteiger partial charge is 0.480 e. The Labute approximate surface area is 148 Å². The summed E-state index contributed by atoms with van der Waals surface area (Å²) >= 11 is 0. The lowest BCUT2D eigenvalue weighted by Crippen LogP contribution is -2.38. The second-order valence-corrected chi connectivity index (χ2v) is 6.03. The van der Waals surface area contributed by atoms with Gasteiger partial charge in [0.15, 0.2) is 5.60 Å². The maximum Gasteiger partial charge on any atom is 0.270 e. The molecule has 0 saturated carbocycles. The minimum atomic E-state index is -0.826. The minimum Gasteiger partial charge on any atom is -0.480 e. The normalized spacial score (nSPS) is 18.5. The van der Waals surface area contributed by atoms with Crippen LogP contribution in [0.15, 0.2) is 41.2 Å². The molecule has 1 atom stereocenters. The Hall–Kier alpha value is -3.20. The lowest BCUT2D eigenvalue weighted by molar-refractivity contribution is -0.384. The van der Waals surface area contributed by atoms with E-state index < -0.39 is 10.5 Å². The maximum absolute atomic E-state index is 11.5. The lowest BCUT2D eigenvalue weighted by Gasteiger charge is -2.32. The molecule has 1 aliphatic heterocycles. The highest BCUT2D eigenvalue weighted by Gasteiger charge is 2.33. The van der Waals surface area contributed by atoms with Gasteiger partial charge in [-0.1, -0.05) is 0 Å². The van der Waals surface area contributed by atoms with Crippen molar-refractivity contribution in [2.45, 2.75) is 12.5 Å². The second kappa shape index (κ2) is 6.60. The number of methoxy groups -OCH3 is 1. The van der Waals surface area contributed by atoms with Crippen LogP contribution in [0.25, 0.3) is 5.76 Å². The Bertz CT molecular complexity index is 952. The predicted molar refractivity (Wildman–Crippen MR) is 92.1 cm³/mol. The van der Waals surface area contributed by atoms with Gasteiger partial charge in [0.05, 0.1) is 17.1 Å². The third kappa shape index (κ3) is 3.42. The summed E-state index contributed by atoms with van der Waals surface area (Å²) in [5.74, 6) is 0.940. The molecule has 9 nitrogen and oxygen atoms in total. The average Bonchev–Trinajstić information content (AvgIpc) is 2.57. The van der Waals surface area contributed by atoms with Gasteiger partial charge in [-0.2, -0.15) is 0 Å². The molecule has 0 radical (unpaired) electrons. The van der Waals surface area contributed by atoms with Crippen molar-refractivity contribution in [1.82, 2.24) is 9.78 Å². The lowest BCUT2D eigenvalue weighted by atomic mass is 9.99. The molecule has 1 aromatic carbocycles. The molecule has 0 aliphatic carbocycles. The number of nitro benzene ring substituents is 1. The van der Waals surface area contributed by atoms with Crippen molar-refractivity contribution in [3.8, 4) is 11.6 Å². The van der Waals surface area contributed by atoms with Gasteiger partial charge >= 0.3 is 0 Å². The van der Waals surface area contributed by atoms with Crippen molar-refractivity contribution in [3.63, 3.8) is 0 Å². The number of ether oxygens (including phenoxy) is 3. The third-order valence-corrected chi connectivity index (χ3v) is 3.80. The highest BCUT2D eigenvalue weighted by Crippen LogP contribution is 2.39. The zero-order valence-electron chi connectivity index (χ0n) is 14.5. The van der Waals surface area contributed by atoms with E-state index in [1.807, 2.05) is 0 Å². The van der Waals surface area contributed by atoms with Crippen molar-refractivity contribution in [2.24, 2.45) is 7.05 Å². The van der Waals surface area contributed by atoms with Crippen LogP contribution in [0.2, 0.25) is 0 Å². The first-order chi connectivity index (χ1) is 12.3. The van der Waals surface area contributed by atoms with Crippen LogP contribution in [0.4, 0.5) is 5.69 Å². The maximum atomic E-state index is 11.5. The summed E-state index contributed by atoms with van der Waals surface area (Å²) < 4.78 is 18.1. The fraction of sp³-hybridized carbons (Fsp3) is 0.294. The summed E-state index contributed by atoms with van der Waals surface area (Å²) in [6.45, 7) is 2.05. The summed E-state index contributed by atoms with van der Waals surface area (Å²) in [4.78, 5) is 22.1. The number of hydrogen-bond donors (Lipinski definition) is 0. The molecule has 0 spiro atoms. The van der Waals surface area contributed by atoms with Crippen LogP contribution < -0.4 is 15.0 Å². The highest BCUT2D eigenvalue weighted by atomic mass is 16.6. The third-order valence-electron chi connectivity index (χ3n) is 3.80. The molecule has 1 unspecified atom stereocenters. The fourth-order valence-electron chi connectivity index (χ4n) is 2.64. The van der Waals surface area contributed by atoms with Crippen LogP contribution in [0.3, 0.4) is 0 Å². The van der Waals surface area contributed by atoms with E-state index in [2.05, 4.69) is 5.10 Å². The molecule has 2 heterocycles. The number of rotatable bonds is 5. The molecule has 0 N–H and O–H groups in total. The van der Waals surface area contributed by atoms with E-state index in [-0.39, 0.29) is 23.7 Å². The van der Waals surface area contributed by atoms with Gasteiger partial charge in [0.2, 0.25) is 5.88 Å². The van der Waals surface area contributed by atoms with Crippen LogP contribution in [0.1, 0.15) is 12.5 Å². The molecule has 2 aromatic rings. The number of fused-ring (bicyclic) bond motifs is 1. The van der Waals surface area contributed by atoms with Gasteiger partial charge in [-0.25, -0.2) is 4.68 Å². The Balaban J connectivity index is 2.07. The SMILES string of the molecule is COCC1(C)C=C(Oc2ccc(=O)n(C)n2)c2cc([N+](=O)[O-])ccc2O1. The Kier molecular flexibility index (Phi) is 4.47. The van der Waals surface area contributed by atoms with E-state index in [4.69, 9.17) is 14.2 Å². The molecule has 0 saturated heterocycles. The molecule has 1 aliphatic rings. The Morgan fingerprint density at radius 3 is 2.77 bits per heavy atom. The standard InChI is InChI=1S/C17H17N3O6/c1-17(10-24-3)9-14(25-15-6-7-16(21)19(2)18-15)12-8-11(20(22)23)4-5-13(12)26-17/h4-9H,10H2,1-3H3. The first-order valence-electron chi connectivity index (χ1n) is 7.73. The van der Waals surface area contributed by atoms with Crippen molar-refractivity contribution in [1.29, 1.82) is 0 Å². The summed E-state index contributed by atoms with van der Waals surface area (Å²) in [6.07, 6.45) is 1.68. The number of nitrogens with zero attached hydrogens (tertiary/aromatic N) is 3. The van der Waals surface area contributed by atoms with Crippen LogP contribution in [0, 0.1) is 10.1 Å². The Morgan fingerprint density at radius 1 is 1.35 bits per heavy atom. The first kappa shape index (κ1) is 17.6. The van der Waals surface area contributed by atoms with E-state index in [0.29, 0.717) is 17.1 Å². The number of aromatic nitrogens is 2. The first-order valence-corrected chi connectivity index (χ1v) is 7.73. The smallest absolute Gasteiger partial charge is 0.270 e. The number of aryl methyl sites for hydroxylation is 1. The van der Waals surface area contributed by atoms with E-state index in [1.165, 1.54) is 37.4 Å². The second-order valence-electron chi connectivity index (χ2n) is 6.03. The molecular weight excluding hydrogens is 342 g/mol. The molecule has 1 aromatic heterocycles. The van der Waals surface area contributed by atoms with Gasteiger partial charge < -0.3 is 14.2 Å². The van der Waals surface area contributed by atoms with Crippen molar-refractivity contribution < 1.29 is 19.1 Å². The zero-order valence-corrected chi connectivity index (χ0v) is 14.5. The molecular formula is C17H17N3O6. The molecule has 3 rings (SSSR count). The van der Waals surface area contributed by atoms with Crippen molar-refractivity contribution in [2.75, 3.05) is 13.7 Å². The van der Waals surface area contributed by atoms with E-state index in [1.54, 1.807) is 20.1 Å². The molecule has 0 fully saturated rings. The minimum absolute atomic E-state index is 0.0920. The Morgan fingerprint density at radius 2 is 2.12 bits per heavy atom. The van der Waals surface area contributed by atoms with Gasteiger partial charge in [-0.15, -0.1) is 5.10 Å². The predicted octanol–water partition coefficient (Wildman–Crippen LogP) is 1.91. The zero-order chi connectivity index (χ0) is 18.9. The molecule has 26 heavy (non-hydrogen) atoms. The van der Waals surface area contributed by atoms with Crippen LogP contribution in [0.5, 0.6) is 11.6 Å². The van der Waals surface area contributed by atoms with Gasteiger partial charge in [0, 0.05) is 44.5 Å². The van der Waals surface area contributed by atoms with Crippen LogP contribution in [-0.4, -0.2) is 34.0 Å². The van der Waals surface area contributed by atoms with Crippen molar-refractivity contribution >= 4 is 11.4 Å². The van der Waals surface area contributed by atoms with E-state index in [0.717, 1.165) is 4.68 Å². The van der Waals surface area contributed by atoms with Crippen LogP contribution in [-0.2, 0) is 11.8 Å². The van der Waals surface area contributed by atoms with Gasteiger partial charge in [0.25, 0.3) is 11.2 Å². The van der Waals surface area contributed by atoms with Gasteiger partial charge in [0.1, 0.15) is 11.5 Å². The average molecular weight is 359 g/mol. The number of benzene rings is 1. The molecule has 0 bridgehead atoms. The van der Waals surface area contributed by atoms with Crippen molar-refractivity contribution in [3.05, 3.63) is 62.4 Å². The van der Waals surface area contributed by atoms with Gasteiger partial charge in [-0.3, -0.25) is 14.9 Å². The molecule has 136 valence electrons. The summed E-state index contributed by atoms with van der Waals surface area (Å²) in [5.41, 5.74) is -0.777. The molecule has 9 heteroatoms. The number of nitro groups is 1. The number of hydrogen-bond acceptors (Lipinski definition) is 7. The quantitative estimate of drug-likeness (QED) is 0.593. The van der Waals surface area contributed by atoms with E-state index in [9.17, 15) is 14.9 Å².